The van der Waals surface area contributed by atoms with E-state index in [1.54, 1.807) is 0 Å². The van der Waals surface area contributed by atoms with E-state index in [1.165, 1.54) is 25.7 Å². The predicted molar refractivity (Wildman–Crippen MR) is 80.3 cm³/mol. The van der Waals surface area contributed by atoms with Gasteiger partial charge in [-0.05, 0) is 43.3 Å². The van der Waals surface area contributed by atoms with Crippen LogP contribution in [-0.4, -0.2) is 22.3 Å². The van der Waals surface area contributed by atoms with Gasteiger partial charge in [0.05, 0.1) is 23.7 Å². The summed E-state index contributed by atoms with van der Waals surface area (Å²) >= 11 is 11.3. The van der Waals surface area contributed by atoms with Gasteiger partial charge in [-0.25, -0.2) is 0 Å². The van der Waals surface area contributed by atoms with Crippen LogP contribution in [0, 0.1) is 4.77 Å². The Morgan fingerprint density at radius 3 is 2.95 bits per heavy atom. The normalized spacial score (nSPS) is 16.5. The first-order chi connectivity index (χ1) is 9.24. The maximum atomic E-state index is 5.98. The molecule has 5 heteroatoms. The molecule has 0 spiro atoms. The van der Waals surface area contributed by atoms with E-state index in [0.29, 0.717) is 12.7 Å². The lowest BCUT2D eigenvalue weighted by atomic mass is 10.3. The van der Waals surface area contributed by atoms with Crippen molar-refractivity contribution in [1.82, 2.24) is 9.55 Å². The van der Waals surface area contributed by atoms with Crippen molar-refractivity contribution in [3.8, 4) is 0 Å². The lowest BCUT2D eigenvalue weighted by Gasteiger charge is -2.11. The number of imidazole rings is 1. The number of aromatic amines is 1. The molecule has 3 nitrogen and oxygen atoms in total. The van der Waals surface area contributed by atoms with E-state index in [1.807, 2.05) is 18.2 Å². The molecule has 0 aliphatic heterocycles. The molecular weight excluding hydrogens is 280 g/mol. The summed E-state index contributed by atoms with van der Waals surface area (Å²) in [5.74, 6) is 0. The number of rotatable bonds is 4. The molecule has 1 heterocycles. The monoisotopic (exact) mass is 296 g/mol. The fourth-order valence-electron chi connectivity index (χ4n) is 2.72. The Balaban J connectivity index is 1.73. The zero-order valence-electron chi connectivity index (χ0n) is 10.7. The fourth-order valence-corrected chi connectivity index (χ4v) is 3.20. The van der Waals surface area contributed by atoms with Crippen LogP contribution in [0.25, 0.3) is 11.0 Å². The molecule has 0 unspecified atom stereocenters. The molecule has 0 saturated heterocycles. The van der Waals surface area contributed by atoms with E-state index in [2.05, 4.69) is 9.55 Å². The molecule has 3 rings (SSSR count). The molecule has 0 amide bonds. The Kier molecular flexibility index (Phi) is 3.91. The van der Waals surface area contributed by atoms with Crippen LogP contribution in [0.3, 0.4) is 0 Å². The van der Waals surface area contributed by atoms with Crippen LogP contribution in [0.1, 0.15) is 25.7 Å². The molecule has 1 aliphatic rings. The van der Waals surface area contributed by atoms with Gasteiger partial charge in [0, 0.05) is 11.6 Å². The van der Waals surface area contributed by atoms with Gasteiger partial charge < -0.3 is 14.3 Å². The van der Waals surface area contributed by atoms with Gasteiger partial charge in [0.25, 0.3) is 0 Å². The third kappa shape index (κ3) is 2.86. The van der Waals surface area contributed by atoms with Crippen LogP contribution in [0.5, 0.6) is 0 Å². The van der Waals surface area contributed by atoms with Crippen LogP contribution in [-0.2, 0) is 11.3 Å². The molecular formula is C14H17ClN2OS. The highest BCUT2D eigenvalue weighted by atomic mass is 35.5. The molecule has 1 saturated carbocycles. The minimum absolute atomic E-state index is 0.453. The topological polar surface area (TPSA) is 29.9 Å². The van der Waals surface area contributed by atoms with Crippen molar-refractivity contribution in [2.24, 2.45) is 0 Å². The number of hydrogen-bond donors (Lipinski definition) is 1. The van der Waals surface area contributed by atoms with Crippen LogP contribution in [0.4, 0.5) is 0 Å². The molecule has 1 aliphatic carbocycles. The Bertz CT molecular complexity index is 628. The fraction of sp³-hybridized carbons (Fsp3) is 0.500. The smallest absolute Gasteiger partial charge is 0.178 e. The van der Waals surface area contributed by atoms with Crippen LogP contribution in [0.15, 0.2) is 18.2 Å². The summed E-state index contributed by atoms with van der Waals surface area (Å²) in [6.45, 7) is 1.51. The van der Waals surface area contributed by atoms with Crippen molar-refractivity contribution in [1.29, 1.82) is 0 Å². The molecule has 1 aromatic heterocycles. The molecule has 1 N–H and O–H groups in total. The second kappa shape index (κ2) is 5.65. The Morgan fingerprint density at radius 2 is 2.16 bits per heavy atom. The van der Waals surface area contributed by atoms with E-state index >= 15 is 0 Å². The highest BCUT2D eigenvalue weighted by Gasteiger charge is 2.15. The van der Waals surface area contributed by atoms with Crippen molar-refractivity contribution < 1.29 is 4.74 Å². The Morgan fingerprint density at radius 1 is 1.37 bits per heavy atom. The van der Waals surface area contributed by atoms with Crippen molar-refractivity contribution in [2.75, 3.05) is 6.61 Å². The standard InChI is InChI=1S/C14H17ClN2OS/c15-10-5-6-13-12(9-10)16-14(19)17(13)7-8-18-11-3-1-2-4-11/h5-6,9,11H,1-4,7-8H2,(H,16,19). The Hall–Kier alpha value is -0.840. The van der Waals surface area contributed by atoms with E-state index in [0.717, 1.165) is 27.4 Å². The van der Waals surface area contributed by atoms with Gasteiger partial charge in [-0.2, -0.15) is 0 Å². The second-order valence-corrected chi connectivity index (χ2v) is 5.84. The number of nitrogens with one attached hydrogen (secondary N) is 1. The number of aromatic nitrogens is 2. The summed E-state index contributed by atoms with van der Waals surface area (Å²) in [5.41, 5.74) is 2.07. The minimum atomic E-state index is 0.453. The molecule has 1 aromatic carbocycles. The average molecular weight is 297 g/mol. The lowest BCUT2D eigenvalue weighted by molar-refractivity contribution is 0.0533. The average Bonchev–Trinajstić information content (AvgIpc) is 2.98. The third-order valence-corrected chi connectivity index (χ3v) is 4.26. The number of ether oxygens (including phenoxy) is 1. The van der Waals surface area contributed by atoms with E-state index < -0.39 is 0 Å². The van der Waals surface area contributed by atoms with Gasteiger partial charge in [0.2, 0.25) is 0 Å². The van der Waals surface area contributed by atoms with Crippen molar-refractivity contribution in [3.63, 3.8) is 0 Å². The molecule has 1 fully saturated rings. The first-order valence-corrected chi connectivity index (χ1v) is 7.52. The Labute approximate surface area is 122 Å². The highest BCUT2D eigenvalue weighted by Crippen LogP contribution is 2.22. The summed E-state index contributed by atoms with van der Waals surface area (Å²) in [5, 5.41) is 0.720. The van der Waals surface area contributed by atoms with Crippen LogP contribution >= 0.6 is 23.8 Å². The molecule has 102 valence electrons. The molecule has 0 radical (unpaired) electrons. The zero-order chi connectivity index (χ0) is 13.2. The lowest BCUT2D eigenvalue weighted by Crippen LogP contribution is -2.13. The van der Waals surface area contributed by atoms with Crippen LogP contribution < -0.4 is 0 Å². The van der Waals surface area contributed by atoms with E-state index in [4.69, 9.17) is 28.6 Å². The second-order valence-electron chi connectivity index (χ2n) is 5.02. The van der Waals surface area contributed by atoms with Crippen molar-refractivity contribution in [3.05, 3.63) is 28.0 Å². The maximum Gasteiger partial charge on any atom is 0.178 e. The number of H-pyrrole nitrogens is 1. The summed E-state index contributed by atoms with van der Waals surface area (Å²) in [7, 11) is 0. The number of fused-ring (bicyclic) bond motifs is 1. The summed E-state index contributed by atoms with van der Waals surface area (Å²) in [4.78, 5) is 3.18. The summed E-state index contributed by atoms with van der Waals surface area (Å²) in [6.07, 6.45) is 5.46. The molecule has 2 aromatic rings. The quantitative estimate of drug-likeness (QED) is 0.852. The predicted octanol–water partition coefficient (Wildman–Crippen LogP) is 4.31. The van der Waals surface area contributed by atoms with Gasteiger partial charge in [-0.1, -0.05) is 24.4 Å². The number of halogens is 1. The number of nitrogens with zero attached hydrogens (tertiary/aromatic N) is 1. The van der Waals surface area contributed by atoms with Gasteiger partial charge in [0.1, 0.15) is 0 Å². The van der Waals surface area contributed by atoms with E-state index in [-0.39, 0.29) is 0 Å². The minimum Gasteiger partial charge on any atom is -0.376 e. The van der Waals surface area contributed by atoms with Gasteiger partial charge >= 0.3 is 0 Å². The van der Waals surface area contributed by atoms with E-state index in [9.17, 15) is 0 Å². The number of benzene rings is 1. The number of hydrogen-bond acceptors (Lipinski definition) is 2. The first-order valence-electron chi connectivity index (χ1n) is 6.74. The van der Waals surface area contributed by atoms with Crippen molar-refractivity contribution in [2.45, 2.75) is 38.3 Å². The van der Waals surface area contributed by atoms with Gasteiger partial charge in [0.15, 0.2) is 4.77 Å². The van der Waals surface area contributed by atoms with Gasteiger partial charge in [-0.3, -0.25) is 0 Å². The summed E-state index contributed by atoms with van der Waals surface area (Å²) in [6, 6.07) is 5.79. The molecule has 19 heavy (non-hydrogen) atoms. The summed E-state index contributed by atoms with van der Waals surface area (Å²) < 4.78 is 8.71. The maximum absolute atomic E-state index is 5.98. The first kappa shape index (κ1) is 13.2. The van der Waals surface area contributed by atoms with Crippen LogP contribution in [0.2, 0.25) is 5.02 Å². The molecule has 0 bridgehead atoms. The third-order valence-electron chi connectivity index (χ3n) is 3.71. The van der Waals surface area contributed by atoms with Crippen molar-refractivity contribution >= 4 is 34.9 Å². The zero-order valence-corrected chi connectivity index (χ0v) is 12.3. The highest BCUT2D eigenvalue weighted by molar-refractivity contribution is 7.71. The molecule has 0 atom stereocenters. The SMILES string of the molecule is S=c1[nH]c2cc(Cl)ccc2n1CCOC1CCCC1. The van der Waals surface area contributed by atoms with Gasteiger partial charge in [-0.15, -0.1) is 0 Å². The largest absolute Gasteiger partial charge is 0.376 e.